The minimum atomic E-state index is -0.351. The summed E-state index contributed by atoms with van der Waals surface area (Å²) < 4.78 is 8.21. The Morgan fingerprint density at radius 2 is 1.85 bits per heavy atom. The van der Waals surface area contributed by atoms with Crippen LogP contribution < -0.4 is 11.2 Å². The smallest absolute Gasteiger partial charge is 0.330 e. The lowest BCUT2D eigenvalue weighted by atomic mass is 9.98. The van der Waals surface area contributed by atoms with Crippen LogP contribution in [0.4, 0.5) is 0 Å². The average molecular weight is 372 g/mol. The summed E-state index contributed by atoms with van der Waals surface area (Å²) in [6, 6.07) is 11.6. The fourth-order valence-electron chi connectivity index (χ4n) is 2.59. The molecule has 136 valence electrons. The first kappa shape index (κ1) is 18.2. The summed E-state index contributed by atoms with van der Waals surface area (Å²) >= 11 is 1.31. The van der Waals surface area contributed by atoms with Gasteiger partial charge < -0.3 is 4.42 Å². The van der Waals surface area contributed by atoms with Gasteiger partial charge in [-0.2, -0.15) is 0 Å². The third kappa shape index (κ3) is 3.96. The molecule has 0 bridgehead atoms. The highest BCUT2D eigenvalue weighted by atomic mass is 32.2. The lowest BCUT2D eigenvalue weighted by Crippen LogP contribution is -2.37. The summed E-state index contributed by atoms with van der Waals surface area (Å²) in [4.78, 5) is 23.7. The Bertz CT molecular complexity index is 1010. The Kier molecular flexibility index (Phi) is 5.41. The fraction of sp³-hybridized carbons (Fsp3) is 0.333. The van der Waals surface area contributed by atoms with Crippen molar-refractivity contribution in [1.29, 1.82) is 0 Å². The molecule has 0 saturated carbocycles. The van der Waals surface area contributed by atoms with Crippen LogP contribution in [0.5, 0.6) is 0 Å². The van der Waals surface area contributed by atoms with Crippen LogP contribution in [-0.2, 0) is 26.3 Å². The summed E-state index contributed by atoms with van der Waals surface area (Å²) in [6.45, 7) is 2.11. The fourth-order valence-corrected chi connectivity index (χ4v) is 3.39. The molecule has 26 heavy (non-hydrogen) atoms. The number of hydrogen-bond donors (Lipinski definition) is 0. The van der Waals surface area contributed by atoms with Crippen LogP contribution in [0.2, 0.25) is 0 Å². The Morgan fingerprint density at radius 3 is 2.58 bits per heavy atom. The van der Waals surface area contributed by atoms with E-state index in [1.807, 2.05) is 18.2 Å². The maximum Gasteiger partial charge on any atom is 0.330 e. The molecule has 0 radical (unpaired) electrons. The van der Waals surface area contributed by atoms with Crippen LogP contribution >= 0.6 is 11.8 Å². The molecule has 0 aliphatic carbocycles. The second-order valence-corrected chi connectivity index (χ2v) is 7.07. The van der Waals surface area contributed by atoms with Crippen molar-refractivity contribution >= 4 is 11.8 Å². The second kappa shape index (κ2) is 7.74. The number of benzene rings is 1. The average Bonchev–Trinajstić information content (AvgIpc) is 3.10. The van der Waals surface area contributed by atoms with Gasteiger partial charge in [0.15, 0.2) is 0 Å². The number of thioether (sulfide) groups is 1. The number of aromatic nitrogens is 4. The first-order valence-electron chi connectivity index (χ1n) is 8.21. The Hall–Kier alpha value is -2.61. The molecule has 8 heteroatoms. The minimum absolute atomic E-state index is 0.271. The van der Waals surface area contributed by atoms with Crippen molar-refractivity contribution in [2.75, 3.05) is 0 Å². The highest BCUT2D eigenvalue weighted by molar-refractivity contribution is 7.98. The number of rotatable bonds is 6. The van der Waals surface area contributed by atoms with Crippen LogP contribution in [0.15, 0.2) is 55.6 Å². The van der Waals surface area contributed by atoms with Crippen molar-refractivity contribution < 1.29 is 4.42 Å². The first-order valence-corrected chi connectivity index (χ1v) is 9.20. The van der Waals surface area contributed by atoms with Crippen molar-refractivity contribution in [1.82, 2.24) is 19.3 Å². The molecular formula is C18H20N4O3S. The van der Waals surface area contributed by atoms with E-state index >= 15 is 0 Å². The maximum atomic E-state index is 11.9. The largest absolute Gasteiger partial charge is 0.416 e. The molecule has 0 N–H and O–H groups in total. The van der Waals surface area contributed by atoms with E-state index in [0.29, 0.717) is 29.0 Å². The SMILES string of the molecule is CC(Cc1nnc(SCc2cc(=O)n(C)c(=O)n2C)o1)c1ccccc1. The zero-order valence-corrected chi connectivity index (χ0v) is 15.7. The van der Waals surface area contributed by atoms with Gasteiger partial charge in [-0.25, -0.2) is 4.79 Å². The molecule has 2 heterocycles. The zero-order chi connectivity index (χ0) is 18.7. The molecular weight excluding hydrogens is 352 g/mol. The van der Waals surface area contributed by atoms with Gasteiger partial charge in [-0.05, 0) is 11.5 Å². The van der Waals surface area contributed by atoms with Crippen LogP contribution in [0, 0.1) is 0 Å². The highest BCUT2D eigenvalue weighted by Gasteiger charge is 2.14. The molecule has 1 aromatic carbocycles. The maximum absolute atomic E-state index is 11.9. The normalized spacial score (nSPS) is 12.3. The number of nitrogens with zero attached hydrogens (tertiary/aromatic N) is 4. The summed E-state index contributed by atoms with van der Waals surface area (Å²) in [5.41, 5.74) is 1.15. The van der Waals surface area contributed by atoms with Gasteiger partial charge >= 0.3 is 5.69 Å². The van der Waals surface area contributed by atoms with E-state index in [1.54, 1.807) is 7.05 Å². The Labute approximate surface area is 154 Å². The molecule has 3 rings (SSSR count). The highest BCUT2D eigenvalue weighted by Crippen LogP contribution is 2.24. The lowest BCUT2D eigenvalue weighted by Gasteiger charge is -2.08. The Morgan fingerprint density at radius 1 is 1.12 bits per heavy atom. The van der Waals surface area contributed by atoms with Crippen molar-refractivity contribution in [3.05, 3.63) is 74.4 Å². The van der Waals surface area contributed by atoms with Crippen molar-refractivity contribution in [2.24, 2.45) is 14.1 Å². The Balaban J connectivity index is 1.66. The van der Waals surface area contributed by atoms with E-state index in [2.05, 4.69) is 29.3 Å². The van der Waals surface area contributed by atoms with E-state index in [1.165, 1.54) is 35.0 Å². The third-order valence-electron chi connectivity index (χ3n) is 4.27. The standard InChI is InChI=1S/C18H20N4O3S/c1-12(13-7-5-4-6-8-13)9-15-19-20-17(25-15)26-11-14-10-16(23)22(3)18(24)21(14)2/h4-8,10,12H,9,11H2,1-3H3. The predicted octanol–water partition coefficient (Wildman–Crippen LogP) is 2.11. The monoisotopic (exact) mass is 372 g/mol. The predicted molar refractivity (Wildman–Crippen MR) is 99.3 cm³/mol. The first-order chi connectivity index (χ1) is 12.5. The summed E-state index contributed by atoms with van der Waals surface area (Å²) in [7, 11) is 3.10. The molecule has 7 nitrogen and oxygen atoms in total. The van der Waals surface area contributed by atoms with E-state index in [-0.39, 0.29) is 17.2 Å². The van der Waals surface area contributed by atoms with Gasteiger partial charge in [-0.1, -0.05) is 49.0 Å². The number of hydrogen-bond acceptors (Lipinski definition) is 6. The molecule has 1 atom stereocenters. The van der Waals surface area contributed by atoms with E-state index in [4.69, 9.17) is 4.42 Å². The summed E-state index contributed by atoms with van der Waals surface area (Å²) in [5, 5.41) is 8.56. The molecule has 3 aromatic rings. The summed E-state index contributed by atoms with van der Waals surface area (Å²) in [5.74, 6) is 1.24. The van der Waals surface area contributed by atoms with Crippen molar-refractivity contribution in [2.45, 2.75) is 30.2 Å². The third-order valence-corrected chi connectivity index (χ3v) is 5.12. The van der Waals surface area contributed by atoms with Crippen LogP contribution in [0.25, 0.3) is 0 Å². The van der Waals surface area contributed by atoms with E-state index < -0.39 is 0 Å². The molecule has 0 aliphatic rings. The molecule has 0 spiro atoms. The van der Waals surface area contributed by atoms with Crippen LogP contribution in [0.3, 0.4) is 0 Å². The van der Waals surface area contributed by atoms with E-state index in [0.717, 1.165) is 4.57 Å². The molecule has 0 fully saturated rings. The van der Waals surface area contributed by atoms with E-state index in [9.17, 15) is 9.59 Å². The van der Waals surface area contributed by atoms with Gasteiger partial charge in [-0.15, -0.1) is 10.2 Å². The minimum Gasteiger partial charge on any atom is -0.416 e. The van der Waals surface area contributed by atoms with Crippen LogP contribution in [0.1, 0.15) is 30.0 Å². The van der Waals surface area contributed by atoms with Gasteiger partial charge in [0.05, 0.1) is 0 Å². The summed E-state index contributed by atoms with van der Waals surface area (Å²) in [6.07, 6.45) is 0.655. The molecule has 0 saturated heterocycles. The van der Waals surface area contributed by atoms with Gasteiger partial charge in [0.25, 0.3) is 10.8 Å². The molecule has 0 amide bonds. The second-order valence-electron chi connectivity index (χ2n) is 6.14. The molecule has 1 unspecified atom stereocenters. The van der Waals surface area contributed by atoms with Gasteiger partial charge in [0, 0.05) is 38.0 Å². The van der Waals surface area contributed by atoms with Gasteiger partial charge in [-0.3, -0.25) is 13.9 Å². The zero-order valence-electron chi connectivity index (χ0n) is 14.9. The van der Waals surface area contributed by atoms with Gasteiger partial charge in [0.2, 0.25) is 5.89 Å². The van der Waals surface area contributed by atoms with Crippen LogP contribution in [-0.4, -0.2) is 19.3 Å². The topological polar surface area (TPSA) is 82.9 Å². The van der Waals surface area contributed by atoms with Crippen molar-refractivity contribution in [3.63, 3.8) is 0 Å². The molecule has 0 aliphatic heterocycles. The van der Waals surface area contributed by atoms with Gasteiger partial charge in [0.1, 0.15) is 0 Å². The molecule has 2 aromatic heterocycles. The lowest BCUT2D eigenvalue weighted by molar-refractivity contribution is 0.404. The quantitative estimate of drug-likeness (QED) is 0.616. The van der Waals surface area contributed by atoms with Crippen molar-refractivity contribution in [3.8, 4) is 0 Å².